The Labute approximate surface area is 165 Å². The highest BCUT2D eigenvalue weighted by Gasteiger charge is 2.26. The van der Waals surface area contributed by atoms with E-state index in [1.54, 1.807) is 29.9 Å². The third-order valence-electron chi connectivity index (χ3n) is 4.88. The van der Waals surface area contributed by atoms with Gasteiger partial charge in [-0.3, -0.25) is 14.2 Å². The van der Waals surface area contributed by atoms with Gasteiger partial charge in [-0.2, -0.15) is 0 Å². The first-order valence-corrected chi connectivity index (χ1v) is 10.6. The summed E-state index contributed by atoms with van der Waals surface area (Å²) in [4.78, 5) is 13.3. The zero-order valence-electron chi connectivity index (χ0n) is 16.7. The first kappa shape index (κ1) is 19.9. The fraction of sp³-hybridized carbons (Fsp3) is 0.286. The molecule has 148 valence electrons. The lowest BCUT2D eigenvalue weighted by Crippen LogP contribution is -2.23. The molecular weight excluding hydrogens is 374 g/mol. The molecule has 6 nitrogen and oxygen atoms in total. The molecule has 28 heavy (non-hydrogen) atoms. The molecule has 0 radical (unpaired) electrons. The van der Waals surface area contributed by atoms with Crippen LogP contribution in [0.1, 0.15) is 36.6 Å². The fourth-order valence-corrected chi connectivity index (χ4v) is 4.47. The molecule has 1 N–H and O–H groups in total. The second-order valence-corrected chi connectivity index (χ2v) is 8.93. The summed E-state index contributed by atoms with van der Waals surface area (Å²) in [6.45, 7) is 7.64. The van der Waals surface area contributed by atoms with E-state index in [0.717, 1.165) is 11.1 Å². The second kappa shape index (κ2) is 7.31. The van der Waals surface area contributed by atoms with Crippen LogP contribution in [0.15, 0.2) is 58.2 Å². The topological polar surface area (TPSA) is 73.1 Å². The number of anilines is 1. The van der Waals surface area contributed by atoms with E-state index in [1.807, 2.05) is 58.0 Å². The number of rotatable bonds is 5. The number of nitrogens with zero attached hydrogens (tertiary/aromatic N) is 2. The Hall–Kier alpha value is -2.80. The molecule has 0 unspecified atom stereocenters. The van der Waals surface area contributed by atoms with Crippen LogP contribution >= 0.6 is 0 Å². The zero-order valence-corrected chi connectivity index (χ0v) is 17.5. The van der Waals surface area contributed by atoms with Crippen molar-refractivity contribution >= 4 is 15.7 Å². The summed E-state index contributed by atoms with van der Waals surface area (Å²) in [5, 5.41) is 0. The molecule has 0 aliphatic rings. The number of nitrogens with one attached hydrogen (secondary N) is 1. The molecular formula is C21H25N3O3S. The van der Waals surface area contributed by atoms with Gasteiger partial charge in [-0.25, -0.2) is 13.1 Å². The molecule has 0 saturated carbocycles. The van der Waals surface area contributed by atoms with Crippen molar-refractivity contribution in [1.82, 2.24) is 9.36 Å². The minimum absolute atomic E-state index is 0.0554. The highest BCUT2D eigenvalue weighted by molar-refractivity contribution is 7.92. The lowest BCUT2D eigenvalue weighted by atomic mass is 10.1. The molecule has 2 aromatic carbocycles. The normalized spacial score (nSPS) is 11.8. The van der Waals surface area contributed by atoms with Crippen LogP contribution in [-0.4, -0.2) is 17.8 Å². The summed E-state index contributed by atoms with van der Waals surface area (Å²) in [5.74, 6) is -0.0554. The Morgan fingerprint density at radius 1 is 0.964 bits per heavy atom. The Bertz CT molecular complexity index is 1170. The van der Waals surface area contributed by atoms with Gasteiger partial charge in [-0.15, -0.1) is 0 Å². The number of aryl methyl sites for hydroxylation is 2. The molecule has 1 aromatic heterocycles. The minimum atomic E-state index is -3.89. The van der Waals surface area contributed by atoms with Crippen LogP contribution < -0.4 is 10.3 Å². The molecule has 0 atom stereocenters. The number of para-hydroxylation sites is 1. The Morgan fingerprint density at radius 3 is 2.18 bits per heavy atom. The summed E-state index contributed by atoms with van der Waals surface area (Å²) < 4.78 is 31.7. The van der Waals surface area contributed by atoms with Crippen molar-refractivity contribution in [2.24, 2.45) is 7.05 Å². The van der Waals surface area contributed by atoms with E-state index in [4.69, 9.17) is 0 Å². The van der Waals surface area contributed by atoms with Crippen molar-refractivity contribution < 1.29 is 8.42 Å². The highest BCUT2D eigenvalue weighted by atomic mass is 32.2. The molecule has 0 bridgehead atoms. The molecule has 1 heterocycles. The van der Waals surface area contributed by atoms with Crippen LogP contribution in [0.3, 0.4) is 0 Å². The molecule has 0 fully saturated rings. The summed E-state index contributed by atoms with van der Waals surface area (Å²) in [5.41, 5.74) is 2.87. The van der Waals surface area contributed by atoms with Crippen molar-refractivity contribution in [2.45, 2.75) is 38.5 Å². The first-order chi connectivity index (χ1) is 13.1. The number of aromatic nitrogens is 2. The van der Waals surface area contributed by atoms with E-state index >= 15 is 0 Å². The standard InChI is InChI=1S/C21H25N3O3S/c1-14(2)20-19(21(25)24(23(20)5)17-9-7-6-8-10-17)22-28(26,27)18-12-11-15(3)16(4)13-18/h6-14,22H,1-5H3. The van der Waals surface area contributed by atoms with Crippen LogP contribution in [-0.2, 0) is 17.1 Å². The van der Waals surface area contributed by atoms with Crippen LogP contribution in [0.5, 0.6) is 0 Å². The number of benzene rings is 2. The van der Waals surface area contributed by atoms with Gasteiger partial charge in [0.1, 0.15) is 5.69 Å². The Balaban J connectivity index is 2.16. The maximum absolute atomic E-state index is 13.2. The number of hydrogen-bond acceptors (Lipinski definition) is 3. The fourth-order valence-electron chi connectivity index (χ4n) is 3.31. The van der Waals surface area contributed by atoms with Gasteiger partial charge in [0.2, 0.25) is 0 Å². The molecule has 7 heteroatoms. The van der Waals surface area contributed by atoms with Crippen LogP contribution in [0.4, 0.5) is 5.69 Å². The van der Waals surface area contributed by atoms with Gasteiger partial charge in [-0.05, 0) is 55.2 Å². The highest BCUT2D eigenvalue weighted by Crippen LogP contribution is 2.26. The van der Waals surface area contributed by atoms with E-state index in [2.05, 4.69) is 4.72 Å². The molecule has 0 aliphatic carbocycles. The number of sulfonamides is 1. The van der Waals surface area contributed by atoms with Crippen molar-refractivity contribution in [3.63, 3.8) is 0 Å². The predicted molar refractivity (Wildman–Crippen MR) is 112 cm³/mol. The maximum Gasteiger partial charge on any atom is 0.296 e. The summed E-state index contributed by atoms with van der Waals surface area (Å²) in [6, 6.07) is 14.1. The van der Waals surface area contributed by atoms with E-state index in [9.17, 15) is 13.2 Å². The van der Waals surface area contributed by atoms with Gasteiger partial charge in [0.05, 0.1) is 16.3 Å². The molecule has 0 spiro atoms. The maximum atomic E-state index is 13.2. The second-order valence-electron chi connectivity index (χ2n) is 7.24. The van der Waals surface area contributed by atoms with E-state index in [-0.39, 0.29) is 16.5 Å². The smallest absolute Gasteiger partial charge is 0.283 e. The van der Waals surface area contributed by atoms with E-state index < -0.39 is 15.6 Å². The van der Waals surface area contributed by atoms with Gasteiger partial charge in [0, 0.05) is 7.05 Å². The predicted octanol–water partition coefficient (Wildman–Crippen LogP) is 3.72. The average molecular weight is 400 g/mol. The van der Waals surface area contributed by atoms with Gasteiger partial charge in [0.25, 0.3) is 15.6 Å². The van der Waals surface area contributed by atoms with E-state index in [1.165, 1.54) is 4.68 Å². The summed E-state index contributed by atoms with van der Waals surface area (Å²) >= 11 is 0. The third-order valence-corrected chi connectivity index (χ3v) is 6.23. The Morgan fingerprint density at radius 2 is 1.61 bits per heavy atom. The van der Waals surface area contributed by atoms with Crippen molar-refractivity contribution in [2.75, 3.05) is 4.72 Å². The summed E-state index contributed by atoms with van der Waals surface area (Å²) in [6.07, 6.45) is 0. The van der Waals surface area contributed by atoms with E-state index in [0.29, 0.717) is 11.4 Å². The largest absolute Gasteiger partial charge is 0.296 e. The van der Waals surface area contributed by atoms with Crippen LogP contribution in [0, 0.1) is 13.8 Å². The molecule has 3 aromatic rings. The summed E-state index contributed by atoms with van der Waals surface area (Å²) in [7, 11) is -2.13. The van der Waals surface area contributed by atoms with Crippen LogP contribution in [0.2, 0.25) is 0 Å². The number of hydrogen-bond donors (Lipinski definition) is 1. The SMILES string of the molecule is Cc1ccc(S(=O)(=O)Nc2c(C(C)C)n(C)n(-c3ccccc3)c2=O)cc1C. The van der Waals surface area contributed by atoms with Gasteiger partial charge in [-0.1, -0.05) is 38.1 Å². The average Bonchev–Trinajstić information content (AvgIpc) is 2.87. The lowest BCUT2D eigenvalue weighted by Gasteiger charge is -2.13. The van der Waals surface area contributed by atoms with Gasteiger partial charge in [0.15, 0.2) is 0 Å². The molecule has 0 aliphatic heterocycles. The van der Waals surface area contributed by atoms with Gasteiger partial charge < -0.3 is 0 Å². The first-order valence-electron chi connectivity index (χ1n) is 9.11. The van der Waals surface area contributed by atoms with Crippen molar-refractivity contribution in [3.05, 3.63) is 75.7 Å². The van der Waals surface area contributed by atoms with Crippen LogP contribution in [0.25, 0.3) is 5.69 Å². The quantitative estimate of drug-likeness (QED) is 0.711. The third kappa shape index (κ3) is 3.49. The van der Waals surface area contributed by atoms with Gasteiger partial charge >= 0.3 is 0 Å². The van der Waals surface area contributed by atoms with Crippen molar-refractivity contribution in [3.8, 4) is 5.69 Å². The minimum Gasteiger partial charge on any atom is -0.283 e. The molecule has 3 rings (SSSR count). The Kier molecular flexibility index (Phi) is 5.21. The molecule has 0 amide bonds. The van der Waals surface area contributed by atoms with Crippen molar-refractivity contribution in [1.29, 1.82) is 0 Å². The molecule has 0 saturated heterocycles. The lowest BCUT2D eigenvalue weighted by molar-refractivity contribution is 0.594. The monoisotopic (exact) mass is 399 g/mol. The zero-order chi connectivity index (χ0) is 20.6.